The van der Waals surface area contributed by atoms with Crippen LogP contribution in [0.3, 0.4) is 0 Å². The van der Waals surface area contributed by atoms with Crippen molar-refractivity contribution in [1.29, 1.82) is 0 Å². The van der Waals surface area contributed by atoms with Gasteiger partial charge in [-0.3, -0.25) is 0 Å². The summed E-state index contributed by atoms with van der Waals surface area (Å²) in [4.78, 5) is 0. The van der Waals surface area contributed by atoms with Gasteiger partial charge in [0, 0.05) is 18.3 Å². The fourth-order valence-corrected chi connectivity index (χ4v) is 4.21. The van der Waals surface area contributed by atoms with Crippen molar-refractivity contribution in [3.8, 4) is 11.5 Å². The summed E-state index contributed by atoms with van der Waals surface area (Å²) in [7, 11) is 0. The fourth-order valence-electron chi connectivity index (χ4n) is 2.56. The normalized spacial score (nSPS) is 24.4. The summed E-state index contributed by atoms with van der Waals surface area (Å²) in [6.07, 6.45) is 1.29. The Bertz CT molecular complexity index is 461. The molecule has 104 valence electrons. The summed E-state index contributed by atoms with van der Waals surface area (Å²) in [6, 6.07) is 6.78. The molecule has 1 saturated heterocycles. The van der Waals surface area contributed by atoms with Crippen molar-refractivity contribution in [3.63, 3.8) is 0 Å². The zero-order valence-electron chi connectivity index (χ0n) is 11.6. The van der Waals surface area contributed by atoms with E-state index in [-0.39, 0.29) is 0 Å². The maximum absolute atomic E-state index is 5.42. The maximum atomic E-state index is 5.42. The standard InChI is InChI=1S/C15H21NO2S/c1-15(2)5-6-19-9-14(15)16-8-11-3-4-12-13(7-11)18-10-17-12/h3-4,7,14,16H,5-6,8-10H2,1-2H3. The van der Waals surface area contributed by atoms with Crippen LogP contribution in [-0.2, 0) is 6.54 Å². The topological polar surface area (TPSA) is 30.5 Å². The van der Waals surface area contributed by atoms with Gasteiger partial charge in [-0.2, -0.15) is 11.8 Å². The zero-order valence-corrected chi connectivity index (χ0v) is 12.4. The predicted molar refractivity (Wildman–Crippen MR) is 78.9 cm³/mol. The molecular formula is C15H21NO2S. The fraction of sp³-hybridized carbons (Fsp3) is 0.600. The molecule has 1 aromatic rings. The molecule has 0 spiro atoms. The van der Waals surface area contributed by atoms with Gasteiger partial charge in [0.15, 0.2) is 11.5 Å². The highest BCUT2D eigenvalue weighted by Crippen LogP contribution is 2.35. The Morgan fingerprint density at radius 3 is 3.00 bits per heavy atom. The summed E-state index contributed by atoms with van der Waals surface area (Å²) < 4.78 is 10.8. The molecule has 2 aliphatic rings. The van der Waals surface area contributed by atoms with E-state index in [0.29, 0.717) is 18.2 Å². The Hall–Kier alpha value is -0.870. The first kappa shape index (κ1) is 13.1. The van der Waals surface area contributed by atoms with Crippen LogP contribution in [0.4, 0.5) is 0 Å². The molecular weight excluding hydrogens is 258 g/mol. The minimum atomic E-state index is 0.346. The molecule has 0 amide bonds. The third-order valence-electron chi connectivity index (χ3n) is 4.11. The van der Waals surface area contributed by atoms with Crippen LogP contribution >= 0.6 is 11.8 Å². The summed E-state index contributed by atoms with van der Waals surface area (Å²) in [5.41, 5.74) is 1.65. The van der Waals surface area contributed by atoms with Gasteiger partial charge in [0.2, 0.25) is 6.79 Å². The predicted octanol–water partition coefficient (Wildman–Crippen LogP) is 3.04. The van der Waals surface area contributed by atoms with Gasteiger partial charge in [-0.1, -0.05) is 19.9 Å². The third-order valence-corrected chi connectivity index (χ3v) is 5.17. The van der Waals surface area contributed by atoms with Crippen LogP contribution in [0.15, 0.2) is 18.2 Å². The number of fused-ring (bicyclic) bond motifs is 1. The number of benzene rings is 1. The van der Waals surface area contributed by atoms with Crippen molar-refractivity contribution in [1.82, 2.24) is 5.32 Å². The largest absolute Gasteiger partial charge is 0.454 e. The van der Waals surface area contributed by atoms with Crippen molar-refractivity contribution in [2.24, 2.45) is 5.41 Å². The van der Waals surface area contributed by atoms with E-state index in [9.17, 15) is 0 Å². The molecule has 0 aromatic heterocycles. The Labute approximate surface area is 119 Å². The Kier molecular flexibility index (Phi) is 3.63. The van der Waals surface area contributed by atoms with Gasteiger partial charge in [0.1, 0.15) is 0 Å². The summed E-state index contributed by atoms with van der Waals surface area (Å²) in [5, 5.41) is 3.70. The highest BCUT2D eigenvalue weighted by atomic mass is 32.2. The molecule has 3 nitrogen and oxygen atoms in total. The Morgan fingerprint density at radius 2 is 2.16 bits per heavy atom. The molecule has 2 heterocycles. The average Bonchev–Trinajstić information content (AvgIpc) is 2.84. The van der Waals surface area contributed by atoms with Crippen LogP contribution in [-0.4, -0.2) is 24.3 Å². The first-order valence-electron chi connectivity index (χ1n) is 6.85. The quantitative estimate of drug-likeness (QED) is 0.921. The van der Waals surface area contributed by atoms with Crippen molar-refractivity contribution >= 4 is 11.8 Å². The van der Waals surface area contributed by atoms with E-state index in [0.717, 1.165) is 18.0 Å². The van der Waals surface area contributed by atoms with Crippen molar-refractivity contribution < 1.29 is 9.47 Å². The van der Waals surface area contributed by atoms with Gasteiger partial charge in [0.25, 0.3) is 0 Å². The Morgan fingerprint density at radius 1 is 1.32 bits per heavy atom. The van der Waals surface area contributed by atoms with Gasteiger partial charge in [-0.25, -0.2) is 0 Å². The van der Waals surface area contributed by atoms with E-state index in [1.54, 1.807) is 0 Å². The monoisotopic (exact) mass is 279 g/mol. The molecule has 0 bridgehead atoms. The third kappa shape index (κ3) is 2.84. The molecule has 1 fully saturated rings. The molecule has 0 radical (unpaired) electrons. The second kappa shape index (κ2) is 5.25. The number of ether oxygens (including phenoxy) is 2. The van der Waals surface area contributed by atoms with E-state index in [1.165, 1.54) is 23.5 Å². The van der Waals surface area contributed by atoms with Crippen LogP contribution in [0.25, 0.3) is 0 Å². The lowest BCUT2D eigenvalue weighted by atomic mass is 9.82. The number of rotatable bonds is 3. The maximum Gasteiger partial charge on any atom is 0.231 e. The number of thioether (sulfide) groups is 1. The molecule has 1 unspecified atom stereocenters. The first-order valence-corrected chi connectivity index (χ1v) is 8.00. The molecule has 1 N–H and O–H groups in total. The second-order valence-corrected chi connectivity index (χ2v) is 7.08. The summed E-state index contributed by atoms with van der Waals surface area (Å²) >= 11 is 2.05. The van der Waals surface area contributed by atoms with Crippen LogP contribution < -0.4 is 14.8 Å². The van der Waals surface area contributed by atoms with E-state index in [4.69, 9.17) is 9.47 Å². The van der Waals surface area contributed by atoms with Crippen molar-refractivity contribution in [3.05, 3.63) is 23.8 Å². The summed E-state index contributed by atoms with van der Waals surface area (Å²) in [6.45, 7) is 5.97. The molecule has 4 heteroatoms. The molecule has 0 saturated carbocycles. The minimum absolute atomic E-state index is 0.346. The molecule has 0 aliphatic carbocycles. The van der Waals surface area contributed by atoms with Crippen LogP contribution in [0.2, 0.25) is 0 Å². The average molecular weight is 279 g/mol. The van der Waals surface area contributed by atoms with E-state index in [1.807, 2.05) is 6.07 Å². The lowest BCUT2D eigenvalue weighted by Gasteiger charge is -2.39. The summed E-state index contributed by atoms with van der Waals surface area (Å²) in [5.74, 6) is 4.22. The molecule has 1 aromatic carbocycles. The van der Waals surface area contributed by atoms with Crippen LogP contribution in [0, 0.1) is 5.41 Å². The van der Waals surface area contributed by atoms with Crippen molar-refractivity contribution in [2.45, 2.75) is 32.9 Å². The Balaban J connectivity index is 1.62. The molecule has 3 rings (SSSR count). The smallest absolute Gasteiger partial charge is 0.231 e. The first-order chi connectivity index (χ1) is 9.15. The van der Waals surface area contributed by atoms with E-state index in [2.05, 4.69) is 43.1 Å². The van der Waals surface area contributed by atoms with Gasteiger partial charge >= 0.3 is 0 Å². The van der Waals surface area contributed by atoms with E-state index >= 15 is 0 Å². The van der Waals surface area contributed by atoms with E-state index < -0.39 is 0 Å². The van der Waals surface area contributed by atoms with Crippen molar-refractivity contribution in [2.75, 3.05) is 18.3 Å². The molecule has 1 atom stereocenters. The minimum Gasteiger partial charge on any atom is -0.454 e. The zero-order chi connectivity index (χ0) is 13.3. The van der Waals surface area contributed by atoms with Gasteiger partial charge in [-0.05, 0) is 35.3 Å². The lowest BCUT2D eigenvalue weighted by Crippen LogP contribution is -2.46. The number of nitrogens with one attached hydrogen (secondary N) is 1. The highest BCUT2D eigenvalue weighted by molar-refractivity contribution is 7.99. The second-order valence-electron chi connectivity index (χ2n) is 5.93. The number of hydrogen-bond donors (Lipinski definition) is 1. The van der Waals surface area contributed by atoms with Crippen LogP contribution in [0.1, 0.15) is 25.8 Å². The van der Waals surface area contributed by atoms with Gasteiger partial charge in [-0.15, -0.1) is 0 Å². The van der Waals surface area contributed by atoms with Gasteiger partial charge in [0.05, 0.1) is 0 Å². The lowest BCUT2D eigenvalue weighted by molar-refractivity contribution is 0.174. The van der Waals surface area contributed by atoms with Gasteiger partial charge < -0.3 is 14.8 Å². The molecule has 19 heavy (non-hydrogen) atoms. The SMILES string of the molecule is CC1(C)CCSCC1NCc1ccc2c(c1)OCO2. The highest BCUT2D eigenvalue weighted by Gasteiger charge is 2.32. The number of hydrogen-bond acceptors (Lipinski definition) is 4. The molecule has 2 aliphatic heterocycles. The van der Waals surface area contributed by atoms with Crippen LogP contribution in [0.5, 0.6) is 11.5 Å².